The second-order valence-corrected chi connectivity index (χ2v) is 7.99. The van der Waals surface area contributed by atoms with E-state index in [1.54, 1.807) is 0 Å². The molecule has 0 heterocycles. The zero-order valence-corrected chi connectivity index (χ0v) is 16.9. The maximum atomic E-state index is 2.60. The molecule has 0 bridgehead atoms. The Morgan fingerprint density at radius 2 is 1.08 bits per heavy atom. The van der Waals surface area contributed by atoms with Gasteiger partial charge in [-0.05, 0) is 30.0 Å². The fourth-order valence-corrected chi connectivity index (χ4v) is 3.49. The highest BCUT2D eigenvalue weighted by Gasteiger charge is 2.07. The average molecular weight is 352 g/mol. The summed E-state index contributed by atoms with van der Waals surface area (Å²) in [6, 6.07) is 21.8. The molecule has 0 atom stereocenters. The summed E-state index contributed by atoms with van der Waals surface area (Å²) in [5.41, 5.74) is 2.83. The molecule has 0 aromatic heterocycles. The Bertz CT molecular complexity index is 520. The standard InChI is InChI=1S/C25H37N/c1-23(2)15-9-5-3-4-6-14-20-26(21-24-16-10-7-11-17-24)22-25-18-12-8-13-19-25/h7-8,10-13,16-19,23H,3-6,9,14-15,20-22H2,1-2H3. The van der Waals surface area contributed by atoms with Crippen molar-refractivity contribution >= 4 is 0 Å². The summed E-state index contributed by atoms with van der Waals surface area (Å²) in [5.74, 6) is 0.861. The molecule has 142 valence electrons. The Morgan fingerprint density at radius 1 is 0.615 bits per heavy atom. The molecule has 26 heavy (non-hydrogen) atoms. The molecule has 0 unspecified atom stereocenters. The maximum Gasteiger partial charge on any atom is 0.0237 e. The first-order valence-corrected chi connectivity index (χ1v) is 10.5. The first-order chi connectivity index (χ1) is 12.7. The summed E-state index contributed by atoms with van der Waals surface area (Å²) in [5, 5.41) is 0. The van der Waals surface area contributed by atoms with Crippen molar-refractivity contribution < 1.29 is 0 Å². The van der Waals surface area contributed by atoms with Gasteiger partial charge >= 0.3 is 0 Å². The minimum Gasteiger partial charge on any atom is -0.295 e. The molecule has 0 aliphatic carbocycles. The molecule has 0 N–H and O–H groups in total. The quantitative estimate of drug-likeness (QED) is 0.349. The maximum absolute atomic E-state index is 2.60. The average Bonchev–Trinajstić information content (AvgIpc) is 2.65. The lowest BCUT2D eigenvalue weighted by molar-refractivity contribution is 0.250. The first-order valence-electron chi connectivity index (χ1n) is 10.5. The molecule has 0 saturated carbocycles. The molecular formula is C25H37N. The van der Waals surface area contributed by atoms with Gasteiger partial charge in [0.15, 0.2) is 0 Å². The molecule has 0 aliphatic rings. The van der Waals surface area contributed by atoms with Crippen molar-refractivity contribution in [3.63, 3.8) is 0 Å². The monoisotopic (exact) mass is 351 g/mol. The Hall–Kier alpha value is -1.60. The molecule has 0 fully saturated rings. The molecular weight excluding hydrogens is 314 g/mol. The van der Waals surface area contributed by atoms with Crippen molar-refractivity contribution in [2.24, 2.45) is 5.92 Å². The molecule has 1 nitrogen and oxygen atoms in total. The van der Waals surface area contributed by atoms with E-state index in [1.807, 2.05) is 0 Å². The van der Waals surface area contributed by atoms with Crippen LogP contribution in [0.5, 0.6) is 0 Å². The van der Waals surface area contributed by atoms with Gasteiger partial charge in [-0.15, -0.1) is 0 Å². The van der Waals surface area contributed by atoms with Crippen molar-refractivity contribution in [2.45, 2.75) is 71.9 Å². The normalized spacial score (nSPS) is 11.4. The third-order valence-corrected chi connectivity index (χ3v) is 5.00. The molecule has 0 amide bonds. The molecule has 2 rings (SSSR count). The summed E-state index contributed by atoms with van der Waals surface area (Å²) in [4.78, 5) is 2.60. The van der Waals surface area contributed by atoms with E-state index in [-0.39, 0.29) is 0 Å². The van der Waals surface area contributed by atoms with Gasteiger partial charge in [-0.1, -0.05) is 113 Å². The zero-order valence-electron chi connectivity index (χ0n) is 16.9. The summed E-state index contributed by atoms with van der Waals surface area (Å²) < 4.78 is 0. The van der Waals surface area contributed by atoms with E-state index in [2.05, 4.69) is 79.4 Å². The van der Waals surface area contributed by atoms with Gasteiger partial charge in [0, 0.05) is 13.1 Å². The highest BCUT2D eigenvalue weighted by molar-refractivity contribution is 5.17. The SMILES string of the molecule is CC(C)CCCCCCCCN(Cc1ccccc1)Cc1ccccc1. The van der Waals surface area contributed by atoms with Crippen LogP contribution in [0, 0.1) is 5.92 Å². The van der Waals surface area contributed by atoms with Crippen LogP contribution in [-0.2, 0) is 13.1 Å². The van der Waals surface area contributed by atoms with E-state index in [0.29, 0.717) is 0 Å². The van der Waals surface area contributed by atoms with Crippen LogP contribution in [0.25, 0.3) is 0 Å². The number of rotatable bonds is 13. The Kier molecular flexibility index (Phi) is 10.1. The Labute approximate surface area is 161 Å². The van der Waals surface area contributed by atoms with Gasteiger partial charge in [-0.2, -0.15) is 0 Å². The van der Waals surface area contributed by atoms with Crippen LogP contribution in [0.3, 0.4) is 0 Å². The van der Waals surface area contributed by atoms with Crippen LogP contribution in [0.2, 0.25) is 0 Å². The van der Waals surface area contributed by atoms with Crippen LogP contribution in [0.15, 0.2) is 60.7 Å². The number of hydrogen-bond acceptors (Lipinski definition) is 1. The predicted octanol–water partition coefficient (Wildman–Crippen LogP) is 7.08. The minimum absolute atomic E-state index is 0.861. The Balaban J connectivity index is 1.71. The van der Waals surface area contributed by atoms with Gasteiger partial charge in [0.1, 0.15) is 0 Å². The van der Waals surface area contributed by atoms with Crippen LogP contribution in [0.1, 0.15) is 69.9 Å². The van der Waals surface area contributed by atoms with E-state index in [0.717, 1.165) is 19.0 Å². The largest absolute Gasteiger partial charge is 0.295 e. The topological polar surface area (TPSA) is 3.24 Å². The predicted molar refractivity (Wildman–Crippen MR) is 114 cm³/mol. The fourth-order valence-electron chi connectivity index (χ4n) is 3.49. The highest BCUT2D eigenvalue weighted by Crippen LogP contribution is 2.14. The number of unbranched alkanes of at least 4 members (excludes halogenated alkanes) is 5. The van der Waals surface area contributed by atoms with Crippen LogP contribution in [-0.4, -0.2) is 11.4 Å². The summed E-state index contributed by atoms with van der Waals surface area (Å²) >= 11 is 0. The van der Waals surface area contributed by atoms with Gasteiger partial charge < -0.3 is 0 Å². The zero-order chi connectivity index (χ0) is 18.5. The third kappa shape index (κ3) is 9.20. The van der Waals surface area contributed by atoms with Crippen LogP contribution < -0.4 is 0 Å². The first kappa shape index (κ1) is 20.7. The van der Waals surface area contributed by atoms with E-state index in [1.165, 1.54) is 62.6 Å². The molecule has 2 aromatic rings. The van der Waals surface area contributed by atoms with E-state index >= 15 is 0 Å². The highest BCUT2D eigenvalue weighted by atomic mass is 15.1. The van der Waals surface area contributed by atoms with Gasteiger partial charge in [-0.3, -0.25) is 4.90 Å². The number of nitrogens with zero attached hydrogens (tertiary/aromatic N) is 1. The third-order valence-electron chi connectivity index (χ3n) is 5.00. The number of benzene rings is 2. The molecule has 0 saturated heterocycles. The van der Waals surface area contributed by atoms with Gasteiger partial charge in [-0.25, -0.2) is 0 Å². The van der Waals surface area contributed by atoms with E-state index in [9.17, 15) is 0 Å². The molecule has 1 heteroatoms. The lowest BCUT2D eigenvalue weighted by atomic mass is 10.0. The second kappa shape index (κ2) is 12.7. The molecule has 0 aliphatic heterocycles. The fraction of sp³-hybridized carbons (Fsp3) is 0.520. The molecule has 0 radical (unpaired) electrons. The van der Waals surface area contributed by atoms with Crippen molar-refractivity contribution in [3.8, 4) is 0 Å². The summed E-state index contributed by atoms with van der Waals surface area (Å²) in [6.07, 6.45) is 9.68. The van der Waals surface area contributed by atoms with Crippen LogP contribution >= 0.6 is 0 Å². The molecule has 2 aromatic carbocycles. The van der Waals surface area contributed by atoms with Gasteiger partial charge in [0.25, 0.3) is 0 Å². The van der Waals surface area contributed by atoms with Crippen molar-refractivity contribution in [1.82, 2.24) is 4.90 Å². The summed E-state index contributed by atoms with van der Waals surface area (Å²) in [6.45, 7) is 7.94. The molecule has 0 spiro atoms. The number of hydrogen-bond donors (Lipinski definition) is 0. The van der Waals surface area contributed by atoms with Crippen molar-refractivity contribution in [2.75, 3.05) is 6.54 Å². The lowest BCUT2D eigenvalue weighted by Gasteiger charge is -2.22. The van der Waals surface area contributed by atoms with Crippen molar-refractivity contribution in [3.05, 3.63) is 71.8 Å². The Morgan fingerprint density at radius 3 is 1.58 bits per heavy atom. The van der Waals surface area contributed by atoms with Gasteiger partial charge in [0.05, 0.1) is 0 Å². The minimum atomic E-state index is 0.861. The van der Waals surface area contributed by atoms with E-state index < -0.39 is 0 Å². The van der Waals surface area contributed by atoms with Crippen molar-refractivity contribution in [1.29, 1.82) is 0 Å². The smallest absolute Gasteiger partial charge is 0.0237 e. The van der Waals surface area contributed by atoms with Gasteiger partial charge in [0.2, 0.25) is 0 Å². The van der Waals surface area contributed by atoms with E-state index in [4.69, 9.17) is 0 Å². The lowest BCUT2D eigenvalue weighted by Crippen LogP contribution is -2.24. The summed E-state index contributed by atoms with van der Waals surface area (Å²) in [7, 11) is 0. The second-order valence-electron chi connectivity index (χ2n) is 7.99. The van der Waals surface area contributed by atoms with Crippen LogP contribution in [0.4, 0.5) is 0 Å².